The Morgan fingerprint density at radius 2 is 2.07 bits per heavy atom. The largest absolute Gasteiger partial charge is 0.332 e. The summed E-state index contributed by atoms with van der Waals surface area (Å²) in [5.41, 5.74) is 2.82. The van der Waals surface area contributed by atoms with Crippen LogP contribution < -0.4 is 10.6 Å². The third-order valence-electron chi connectivity index (χ3n) is 4.14. The summed E-state index contributed by atoms with van der Waals surface area (Å²) in [5.74, 6) is 0.698. The lowest BCUT2D eigenvalue weighted by Gasteiger charge is -2.12. The Balaban J connectivity index is 1.71. The fraction of sp³-hybridized carbons (Fsp3) is 0.389. The van der Waals surface area contributed by atoms with E-state index in [2.05, 4.69) is 32.9 Å². The van der Waals surface area contributed by atoms with Crippen molar-refractivity contribution in [1.82, 2.24) is 25.1 Å². The van der Waals surface area contributed by atoms with Crippen LogP contribution in [-0.2, 0) is 4.79 Å². The molecule has 0 unspecified atom stereocenters. The third kappa shape index (κ3) is 4.67. The van der Waals surface area contributed by atoms with Crippen molar-refractivity contribution >= 4 is 45.2 Å². The van der Waals surface area contributed by atoms with E-state index in [4.69, 9.17) is 12.2 Å². The summed E-state index contributed by atoms with van der Waals surface area (Å²) in [5, 5.41) is 19.7. The van der Waals surface area contributed by atoms with Crippen LogP contribution in [-0.4, -0.2) is 30.8 Å². The van der Waals surface area contributed by atoms with Crippen LogP contribution in [0.25, 0.3) is 15.5 Å². The Bertz CT molecular complexity index is 978. The first-order chi connectivity index (χ1) is 13.0. The monoisotopic (exact) mass is 402 g/mol. The molecule has 0 saturated carbocycles. The quantitative estimate of drug-likeness (QED) is 0.481. The van der Waals surface area contributed by atoms with Gasteiger partial charge in [0.15, 0.2) is 10.9 Å². The van der Waals surface area contributed by atoms with E-state index in [1.54, 1.807) is 4.52 Å². The van der Waals surface area contributed by atoms with E-state index in [0.717, 1.165) is 51.9 Å². The molecule has 142 valence electrons. The number of aromatic nitrogens is 4. The van der Waals surface area contributed by atoms with Crippen LogP contribution >= 0.6 is 23.6 Å². The number of anilines is 1. The van der Waals surface area contributed by atoms with Crippen LogP contribution in [0.2, 0.25) is 0 Å². The van der Waals surface area contributed by atoms with Gasteiger partial charge in [-0.1, -0.05) is 43.2 Å². The van der Waals surface area contributed by atoms with Gasteiger partial charge in [0.1, 0.15) is 5.01 Å². The summed E-state index contributed by atoms with van der Waals surface area (Å²) in [6.07, 6.45) is 3.49. The highest BCUT2D eigenvalue weighted by Crippen LogP contribution is 2.29. The Hall–Kier alpha value is -2.39. The lowest BCUT2D eigenvalue weighted by molar-refractivity contribution is -0.119. The molecule has 0 aliphatic carbocycles. The van der Waals surface area contributed by atoms with Gasteiger partial charge >= 0.3 is 0 Å². The van der Waals surface area contributed by atoms with E-state index >= 15 is 0 Å². The molecule has 7 nitrogen and oxygen atoms in total. The minimum atomic E-state index is -0.0566. The Kier molecular flexibility index (Phi) is 6.12. The van der Waals surface area contributed by atoms with Gasteiger partial charge in [-0.05, 0) is 44.1 Å². The van der Waals surface area contributed by atoms with Crippen molar-refractivity contribution in [1.29, 1.82) is 0 Å². The van der Waals surface area contributed by atoms with Gasteiger partial charge in [0, 0.05) is 17.7 Å². The molecular weight excluding hydrogens is 380 g/mol. The van der Waals surface area contributed by atoms with Crippen molar-refractivity contribution in [2.24, 2.45) is 0 Å². The number of hydrogen-bond donors (Lipinski definition) is 2. The number of aryl methyl sites for hydroxylation is 2. The molecule has 2 aromatic heterocycles. The van der Waals surface area contributed by atoms with Crippen LogP contribution in [0, 0.1) is 13.8 Å². The maximum absolute atomic E-state index is 11.9. The summed E-state index contributed by atoms with van der Waals surface area (Å²) in [7, 11) is 0. The predicted molar refractivity (Wildman–Crippen MR) is 112 cm³/mol. The molecule has 1 aromatic carbocycles. The lowest BCUT2D eigenvalue weighted by Crippen LogP contribution is -2.34. The summed E-state index contributed by atoms with van der Waals surface area (Å²) in [4.78, 5) is 12.7. The number of nitrogens with zero attached hydrogens (tertiary/aromatic N) is 4. The fourth-order valence-corrected chi connectivity index (χ4v) is 3.70. The van der Waals surface area contributed by atoms with Crippen LogP contribution in [0.3, 0.4) is 0 Å². The van der Waals surface area contributed by atoms with Crippen LogP contribution in [0.15, 0.2) is 18.2 Å². The Morgan fingerprint density at radius 3 is 2.81 bits per heavy atom. The fourth-order valence-electron chi connectivity index (χ4n) is 2.60. The van der Waals surface area contributed by atoms with Gasteiger partial charge in [-0.25, -0.2) is 0 Å². The topological polar surface area (TPSA) is 84.2 Å². The predicted octanol–water partition coefficient (Wildman–Crippen LogP) is 3.86. The van der Waals surface area contributed by atoms with Gasteiger partial charge in [0.05, 0.1) is 0 Å². The third-order valence-corrected chi connectivity index (χ3v) is 5.29. The van der Waals surface area contributed by atoms with Crippen LogP contribution in [0.1, 0.15) is 44.0 Å². The first-order valence-electron chi connectivity index (χ1n) is 8.88. The second kappa shape index (κ2) is 8.53. The van der Waals surface area contributed by atoms with Gasteiger partial charge in [0.2, 0.25) is 10.9 Å². The molecule has 0 radical (unpaired) electrons. The second-order valence-corrected chi connectivity index (χ2v) is 7.70. The van der Waals surface area contributed by atoms with Crippen LogP contribution in [0.5, 0.6) is 0 Å². The minimum Gasteiger partial charge on any atom is -0.332 e. The summed E-state index contributed by atoms with van der Waals surface area (Å²) in [6.45, 7) is 5.96. The molecule has 3 aromatic rings. The maximum atomic E-state index is 11.9. The van der Waals surface area contributed by atoms with E-state index < -0.39 is 0 Å². The number of carbonyl (C=O) groups is 1. The number of carbonyl (C=O) groups excluding carboxylic acids is 1. The first-order valence-corrected chi connectivity index (χ1v) is 10.1. The molecule has 0 bridgehead atoms. The molecule has 0 saturated heterocycles. The maximum Gasteiger partial charge on any atom is 0.234 e. The van der Waals surface area contributed by atoms with E-state index in [-0.39, 0.29) is 5.91 Å². The van der Waals surface area contributed by atoms with Crippen molar-refractivity contribution in [3.05, 3.63) is 29.6 Å². The Labute approximate surface area is 167 Å². The molecule has 2 N–H and O–H groups in total. The molecule has 1 amide bonds. The number of fused-ring (bicyclic) bond motifs is 1. The second-order valence-electron chi connectivity index (χ2n) is 6.34. The van der Waals surface area contributed by atoms with Gasteiger partial charge in [-0.3, -0.25) is 4.79 Å². The number of rotatable bonds is 6. The number of thiocarbonyl (C=S) groups is 1. The van der Waals surface area contributed by atoms with Crippen LogP contribution in [0.4, 0.5) is 5.69 Å². The van der Waals surface area contributed by atoms with Gasteiger partial charge in [-0.15, -0.1) is 10.2 Å². The van der Waals surface area contributed by atoms with Crippen molar-refractivity contribution in [3.8, 4) is 10.6 Å². The minimum absolute atomic E-state index is 0.0566. The van der Waals surface area contributed by atoms with Gasteiger partial charge in [0.25, 0.3) is 0 Å². The van der Waals surface area contributed by atoms with Crippen molar-refractivity contribution in [2.75, 3.05) is 5.32 Å². The average Bonchev–Trinajstić information content (AvgIpc) is 3.19. The summed E-state index contributed by atoms with van der Waals surface area (Å²) >= 11 is 6.76. The van der Waals surface area contributed by atoms with E-state index in [9.17, 15) is 4.79 Å². The number of hydrogen-bond acceptors (Lipinski definition) is 6. The highest BCUT2D eigenvalue weighted by molar-refractivity contribution is 7.80. The zero-order valence-corrected chi connectivity index (χ0v) is 17.2. The molecule has 0 fully saturated rings. The summed E-state index contributed by atoms with van der Waals surface area (Å²) < 4.78 is 1.73. The van der Waals surface area contributed by atoms with Crippen molar-refractivity contribution in [3.63, 3.8) is 0 Å². The number of benzene rings is 1. The molecule has 27 heavy (non-hydrogen) atoms. The zero-order valence-electron chi connectivity index (χ0n) is 15.6. The first kappa shape index (κ1) is 19.4. The van der Waals surface area contributed by atoms with E-state index in [1.165, 1.54) is 11.3 Å². The molecular formula is C18H22N6OS2. The smallest absolute Gasteiger partial charge is 0.234 e. The lowest BCUT2D eigenvalue weighted by atomic mass is 10.1. The highest BCUT2D eigenvalue weighted by Gasteiger charge is 2.12. The zero-order chi connectivity index (χ0) is 19.4. The Morgan fingerprint density at radius 1 is 1.26 bits per heavy atom. The van der Waals surface area contributed by atoms with E-state index in [0.29, 0.717) is 11.5 Å². The molecule has 0 atom stereocenters. The van der Waals surface area contributed by atoms with Crippen molar-refractivity contribution in [2.45, 2.75) is 46.5 Å². The van der Waals surface area contributed by atoms with Gasteiger partial charge in [-0.2, -0.15) is 9.61 Å². The van der Waals surface area contributed by atoms with Gasteiger partial charge < -0.3 is 10.6 Å². The number of unbranched alkanes of at least 4 members (excludes halogenated alkanes) is 2. The number of amides is 1. The number of nitrogens with one attached hydrogen (secondary N) is 2. The molecule has 9 heteroatoms. The normalized spacial score (nSPS) is 10.9. The van der Waals surface area contributed by atoms with E-state index in [1.807, 2.05) is 32.0 Å². The highest BCUT2D eigenvalue weighted by atomic mass is 32.1. The molecule has 3 rings (SSSR count). The molecule has 0 aliphatic heterocycles. The standard InChI is InChI=1S/C18H22N6OS2/c1-4-5-6-7-15(25)20-17(26)19-14-10-13(9-8-11(14)2)16-23-24-12(3)21-22-18(24)27-16/h8-10H,4-7H2,1-3H3,(H2,19,20,25,26). The summed E-state index contributed by atoms with van der Waals surface area (Å²) in [6, 6.07) is 5.98. The molecule has 0 spiro atoms. The SMILES string of the molecule is CCCCCC(=O)NC(=S)Nc1cc(-c2nn3c(C)nnc3s2)ccc1C. The molecule has 2 heterocycles. The molecule has 0 aliphatic rings. The van der Waals surface area contributed by atoms with Crippen molar-refractivity contribution < 1.29 is 4.79 Å². The average molecular weight is 403 g/mol.